The molecule has 0 fully saturated rings. The molecule has 0 bridgehead atoms. The number of para-hydroxylation sites is 1. The Bertz CT molecular complexity index is 829. The molecule has 0 aliphatic carbocycles. The van der Waals surface area contributed by atoms with Gasteiger partial charge in [-0.3, -0.25) is 4.98 Å². The molecule has 1 aromatic heterocycles. The first kappa shape index (κ1) is 17.7. The molecular formula is C18H15ClF2N2O. The van der Waals surface area contributed by atoms with Crippen molar-refractivity contribution in [3.8, 4) is 22.6 Å². The molecule has 0 radical (unpaired) electrons. The number of pyridine rings is 1. The second kappa shape index (κ2) is 7.75. The SMILES string of the molecule is CNc1cnccc1-c1ccc(F)c(Oc2ccccc2)c1F.Cl. The fourth-order valence-corrected chi connectivity index (χ4v) is 2.27. The van der Waals surface area contributed by atoms with Crippen LogP contribution in [-0.2, 0) is 0 Å². The maximum Gasteiger partial charge on any atom is 0.199 e. The summed E-state index contributed by atoms with van der Waals surface area (Å²) in [5.41, 5.74) is 1.46. The van der Waals surface area contributed by atoms with E-state index in [1.165, 1.54) is 12.1 Å². The third-order valence-corrected chi connectivity index (χ3v) is 3.39. The Kier molecular flexibility index (Phi) is 5.71. The van der Waals surface area contributed by atoms with E-state index in [2.05, 4.69) is 10.3 Å². The molecule has 3 rings (SSSR count). The van der Waals surface area contributed by atoms with Crippen LogP contribution in [0.3, 0.4) is 0 Å². The minimum Gasteiger partial charge on any atom is -0.451 e. The Morgan fingerprint density at radius 1 is 0.958 bits per heavy atom. The van der Waals surface area contributed by atoms with E-state index in [0.717, 1.165) is 0 Å². The van der Waals surface area contributed by atoms with Crippen molar-refractivity contribution in [2.75, 3.05) is 12.4 Å². The van der Waals surface area contributed by atoms with E-state index in [4.69, 9.17) is 4.74 Å². The minimum absolute atomic E-state index is 0. The molecule has 0 amide bonds. The smallest absolute Gasteiger partial charge is 0.199 e. The van der Waals surface area contributed by atoms with E-state index < -0.39 is 17.4 Å². The van der Waals surface area contributed by atoms with Gasteiger partial charge in [-0.15, -0.1) is 12.4 Å². The summed E-state index contributed by atoms with van der Waals surface area (Å²) in [7, 11) is 1.71. The van der Waals surface area contributed by atoms with Crippen LogP contribution < -0.4 is 10.1 Å². The second-order valence-corrected chi connectivity index (χ2v) is 4.82. The average molecular weight is 349 g/mol. The molecular weight excluding hydrogens is 334 g/mol. The lowest BCUT2D eigenvalue weighted by Crippen LogP contribution is -1.98. The molecule has 1 N–H and O–H groups in total. The maximum absolute atomic E-state index is 14.8. The van der Waals surface area contributed by atoms with Crippen molar-refractivity contribution in [3.63, 3.8) is 0 Å². The number of benzene rings is 2. The topological polar surface area (TPSA) is 34.2 Å². The number of rotatable bonds is 4. The van der Waals surface area contributed by atoms with E-state index in [0.29, 0.717) is 17.0 Å². The van der Waals surface area contributed by atoms with Gasteiger partial charge >= 0.3 is 0 Å². The van der Waals surface area contributed by atoms with Crippen molar-refractivity contribution in [2.24, 2.45) is 0 Å². The van der Waals surface area contributed by atoms with Gasteiger partial charge < -0.3 is 10.1 Å². The third kappa shape index (κ3) is 3.46. The van der Waals surface area contributed by atoms with E-state index >= 15 is 0 Å². The van der Waals surface area contributed by atoms with E-state index in [1.54, 1.807) is 55.8 Å². The number of nitrogens with zero attached hydrogens (tertiary/aromatic N) is 1. The monoisotopic (exact) mass is 348 g/mol. The van der Waals surface area contributed by atoms with Gasteiger partial charge in [0, 0.05) is 24.4 Å². The molecule has 0 saturated heterocycles. The summed E-state index contributed by atoms with van der Waals surface area (Å²) >= 11 is 0. The number of anilines is 1. The molecule has 3 nitrogen and oxygen atoms in total. The van der Waals surface area contributed by atoms with Crippen LogP contribution in [0.1, 0.15) is 0 Å². The minimum atomic E-state index is -0.754. The van der Waals surface area contributed by atoms with Crippen LogP contribution in [0.2, 0.25) is 0 Å². The van der Waals surface area contributed by atoms with E-state index in [1.807, 2.05) is 0 Å². The first-order valence-corrected chi connectivity index (χ1v) is 7.03. The molecule has 124 valence electrons. The molecule has 0 aliphatic rings. The van der Waals surface area contributed by atoms with Gasteiger partial charge in [0.25, 0.3) is 0 Å². The van der Waals surface area contributed by atoms with Gasteiger partial charge in [-0.2, -0.15) is 0 Å². The fourth-order valence-electron chi connectivity index (χ4n) is 2.27. The van der Waals surface area contributed by atoms with Crippen LogP contribution in [0.15, 0.2) is 60.9 Å². The lowest BCUT2D eigenvalue weighted by atomic mass is 10.0. The largest absolute Gasteiger partial charge is 0.451 e. The van der Waals surface area contributed by atoms with Gasteiger partial charge in [0.1, 0.15) is 5.75 Å². The molecule has 0 unspecified atom stereocenters. The number of aromatic nitrogens is 1. The van der Waals surface area contributed by atoms with Gasteiger partial charge in [0.05, 0.1) is 11.9 Å². The first-order valence-electron chi connectivity index (χ1n) is 7.03. The Morgan fingerprint density at radius 2 is 1.71 bits per heavy atom. The zero-order chi connectivity index (χ0) is 16.2. The summed E-state index contributed by atoms with van der Waals surface area (Å²) in [6, 6.07) is 12.8. The van der Waals surface area contributed by atoms with Crippen molar-refractivity contribution in [1.29, 1.82) is 0 Å². The summed E-state index contributed by atoms with van der Waals surface area (Å²) in [4.78, 5) is 3.99. The normalized spacial score (nSPS) is 9.96. The number of nitrogens with one attached hydrogen (secondary N) is 1. The highest BCUT2D eigenvalue weighted by atomic mass is 35.5. The molecule has 0 spiro atoms. The average Bonchev–Trinajstić information content (AvgIpc) is 2.60. The number of ether oxygens (including phenoxy) is 1. The van der Waals surface area contributed by atoms with Gasteiger partial charge in [-0.1, -0.05) is 18.2 Å². The molecule has 2 aromatic carbocycles. The predicted octanol–water partition coefficient (Wildman–Crippen LogP) is 5.28. The predicted molar refractivity (Wildman–Crippen MR) is 92.9 cm³/mol. The molecule has 24 heavy (non-hydrogen) atoms. The maximum atomic E-state index is 14.8. The molecule has 0 saturated carbocycles. The van der Waals surface area contributed by atoms with Crippen LogP contribution in [0.25, 0.3) is 11.1 Å². The fraction of sp³-hybridized carbons (Fsp3) is 0.0556. The Morgan fingerprint density at radius 3 is 2.42 bits per heavy atom. The highest BCUT2D eigenvalue weighted by molar-refractivity contribution is 5.85. The van der Waals surface area contributed by atoms with E-state index in [9.17, 15) is 8.78 Å². The number of hydrogen-bond acceptors (Lipinski definition) is 3. The highest BCUT2D eigenvalue weighted by Crippen LogP contribution is 2.36. The Balaban J connectivity index is 0.00000208. The quantitative estimate of drug-likeness (QED) is 0.696. The van der Waals surface area contributed by atoms with Gasteiger partial charge in [-0.05, 0) is 30.3 Å². The Labute approximate surface area is 144 Å². The highest BCUT2D eigenvalue weighted by Gasteiger charge is 2.18. The standard InChI is InChI=1S/C18H14F2N2O.ClH/c1-21-16-11-22-10-9-13(16)14-7-8-15(19)18(17(14)20)23-12-5-3-2-4-6-12;/h2-11,21H,1H3;1H. The second-order valence-electron chi connectivity index (χ2n) is 4.82. The van der Waals surface area contributed by atoms with Crippen molar-refractivity contribution in [1.82, 2.24) is 4.98 Å². The van der Waals surface area contributed by atoms with Gasteiger partial charge in [0.15, 0.2) is 17.4 Å². The van der Waals surface area contributed by atoms with Crippen molar-refractivity contribution < 1.29 is 13.5 Å². The van der Waals surface area contributed by atoms with Crippen molar-refractivity contribution in [2.45, 2.75) is 0 Å². The molecule has 0 aliphatic heterocycles. The van der Waals surface area contributed by atoms with Crippen LogP contribution >= 0.6 is 12.4 Å². The summed E-state index contributed by atoms with van der Waals surface area (Å²) in [6.07, 6.45) is 3.13. The first-order chi connectivity index (χ1) is 11.2. The third-order valence-electron chi connectivity index (χ3n) is 3.39. The molecule has 3 aromatic rings. The lowest BCUT2D eigenvalue weighted by molar-refractivity contribution is 0.408. The van der Waals surface area contributed by atoms with Crippen LogP contribution in [0.5, 0.6) is 11.5 Å². The summed E-state index contributed by atoms with van der Waals surface area (Å²) in [5.74, 6) is -1.56. The van der Waals surface area contributed by atoms with Gasteiger partial charge in [-0.25, -0.2) is 8.78 Å². The zero-order valence-electron chi connectivity index (χ0n) is 12.8. The van der Waals surface area contributed by atoms with Crippen molar-refractivity contribution in [3.05, 3.63) is 72.6 Å². The van der Waals surface area contributed by atoms with Crippen LogP contribution in [0, 0.1) is 11.6 Å². The molecule has 6 heteroatoms. The summed E-state index contributed by atoms with van der Waals surface area (Å²) < 4.78 is 34.2. The van der Waals surface area contributed by atoms with Crippen LogP contribution in [-0.4, -0.2) is 12.0 Å². The lowest BCUT2D eigenvalue weighted by Gasteiger charge is -2.13. The molecule has 0 atom stereocenters. The Hall–Kier alpha value is -2.66. The summed E-state index contributed by atoms with van der Waals surface area (Å²) in [6.45, 7) is 0. The van der Waals surface area contributed by atoms with Gasteiger partial charge in [0.2, 0.25) is 0 Å². The zero-order valence-corrected chi connectivity index (χ0v) is 13.6. The summed E-state index contributed by atoms with van der Waals surface area (Å²) in [5, 5.41) is 2.94. The van der Waals surface area contributed by atoms with Crippen molar-refractivity contribution >= 4 is 18.1 Å². The molecule has 1 heterocycles. The van der Waals surface area contributed by atoms with Crippen LogP contribution in [0.4, 0.5) is 14.5 Å². The van der Waals surface area contributed by atoms with E-state index in [-0.39, 0.29) is 18.0 Å². The number of hydrogen-bond donors (Lipinski definition) is 1. The number of halogens is 3.